The second-order valence-electron chi connectivity index (χ2n) is 7.00. The van der Waals surface area contributed by atoms with Crippen molar-refractivity contribution in [3.8, 4) is 0 Å². The van der Waals surface area contributed by atoms with E-state index in [-0.39, 0.29) is 5.60 Å². The van der Waals surface area contributed by atoms with Crippen molar-refractivity contribution in [3.63, 3.8) is 0 Å². The fraction of sp³-hybridized carbons (Fsp3) is 1.00. The van der Waals surface area contributed by atoms with Crippen molar-refractivity contribution >= 4 is 0 Å². The highest BCUT2D eigenvalue weighted by Gasteiger charge is 2.60. The molecule has 2 aliphatic carbocycles. The molecule has 2 nitrogen and oxygen atoms in total. The Morgan fingerprint density at radius 1 is 1.06 bits per heavy atom. The third kappa shape index (κ3) is 1.32. The van der Waals surface area contributed by atoms with Crippen molar-refractivity contribution in [1.29, 1.82) is 0 Å². The molecule has 90 valence electrons. The summed E-state index contributed by atoms with van der Waals surface area (Å²) in [6, 6.07) is 0. The van der Waals surface area contributed by atoms with Gasteiger partial charge in [0.2, 0.25) is 0 Å². The molecule has 4 aliphatic rings. The summed E-state index contributed by atoms with van der Waals surface area (Å²) in [7, 11) is 0. The summed E-state index contributed by atoms with van der Waals surface area (Å²) in [6.45, 7) is 4.79. The van der Waals surface area contributed by atoms with Gasteiger partial charge in [0.05, 0.1) is 23.9 Å². The van der Waals surface area contributed by atoms with Crippen molar-refractivity contribution in [1.82, 2.24) is 0 Å². The average Bonchev–Trinajstić information content (AvgIpc) is 3.11. The normalized spacial score (nSPS) is 63.4. The van der Waals surface area contributed by atoms with E-state index in [0.29, 0.717) is 23.7 Å². The standard InChI is InChI=1S/C14H22O2/c1-13(5-6-14(2)12(8-13)16-14)9-3-4-10-11(7-9)15-10/h9-12H,3-8H2,1-2H3. The van der Waals surface area contributed by atoms with Crippen LogP contribution >= 0.6 is 0 Å². The number of ether oxygens (including phenoxy) is 2. The van der Waals surface area contributed by atoms with Gasteiger partial charge in [-0.05, 0) is 56.8 Å². The van der Waals surface area contributed by atoms with Crippen molar-refractivity contribution in [3.05, 3.63) is 0 Å². The van der Waals surface area contributed by atoms with Crippen LogP contribution in [0, 0.1) is 11.3 Å². The predicted octanol–water partition coefficient (Wildman–Crippen LogP) is 2.90. The molecule has 2 heteroatoms. The molecule has 0 aromatic carbocycles. The van der Waals surface area contributed by atoms with Gasteiger partial charge in [-0.25, -0.2) is 0 Å². The maximum Gasteiger partial charge on any atom is 0.0920 e. The number of hydrogen-bond donors (Lipinski definition) is 0. The highest BCUT2D eigenvalue weighted by molar-refractivity contribution is 5.09. The fourth-order valence-electron chi connectivity index (χ4n) is 4.24. The van der Waals surface area contributed by atoms with Gasteiger partial charge in [0.15, 0.2) is 0 Å². The Morgan fingerprint density at radius 2 is 1.94 bits per heavy atom. The van der Waals surface area contributed by atoms with Crippen LogP contribution in [0.2, 0.25) is 0 Å². The lowest BCUT2D eigenvalue weighted by atomic mass is 9.61. The molecule has 6 unspecified atom stereocenters. The zero-order valence-corrected chi connectivity index (χ0v) is 10.4. The first-order valence-electron chi connectivity index (χ1n) is 6.92. The van der Waals surface area contributed by atoms with Crippen molar-refractivity contribution < 1.29 is 9.47 Å². The molecular formula is C14H22O2. The third-order valence-electron chi connectivity index (χ3n) is 5.87. The molecule has 2 heterocycles. The van der Waals surface area contributed by atoms with Crippen LogP contribution in [0.25, 0.3) is 0 Å². The van der Waals surface area contributed by atoms with Gasteiger partial charge in [-0.1, -0.05) is 6.92 Å². The van der Waals surface area contributed by atoms with E-state index >= 15 is 0 Å². The van der Waals surface area contributed by atoms with Crippen LogP contribution in [-0.4, -0.2) is 23.9 Å². The van der Waals surface area contributed by atoms with Gasteiger partial charge in [0.1, 0.15) is 0 Å². The quantitative estimate of drug-likeness (QED) is 0.637. The minimum Gasteiger partial charge on any atom is -0.370 e. The zero-order valence-electron chi connectivity index (χ0n) is 10.4. The Labute approximate surface area is 97.7 Å². The monoisotopic (exact) mass is 222 g/mol. The summed E-state index contributed by atoms with van der Waals surface area (Å²) in [6.07, 6.45) is 9.81. The van der Waals surface area contributed by atoms with Gasteiger partial charge in [0, 0.05) is 0 Å². The second-order valence-corrected chi connectivity index (χ2v) is 7.00. The lowest BCUT2D eigenvalue weighted by Gasteiger charge is -2.41. The topological polar surface area (TPSA) is 25.1 Å². The maximum atomic E-state index is 5.86. The first-order chi connectivity index (χ1) is 7.59. The highest BCUT2D eigenvalue weighted by Crippen LogP contribution is 2.59. The molecule has 4 fully saturated rings. The largest absolute Gasteiger partial charge is 0.370 e. The molecule has 0 radical (unpaired) electrons. The van der Waals surface area contributed by atoms with E-state index < -0.39 is 0 Å². The van der Waals surface area contributed by atoms with E-state index in [0.717, 1.165) is 5.92 Å². The van der Waals surface area contributed by atoms with E-state index in [9.17, 15) is 0 Å². The van der Waals surface area contributed by atoms with Gasteiger partial charge in [-0.2, -0.15) is 0 Å². The van der Waals surface area contributed by atoms with Crippen LogP contribution in [0.1, 0.15) is 52.4 Å². The highest BCUT2D eigenvalue weighted by atomic mass is 16.6. The SMILES string of the molecule is CC1(C2CCC3OC3C2)CCC2(C)OC2C1. The fourth-order valence-corrected chi connectivity index (χ4v) is 4.24. The minimum atomic E-state index is 0.271. The lowest BCUT2D eigenvalue weighted by molar-refractivity contribution is 0.0958. The lowest BCUT2D eigenvalue weighted by Crippen LogP contribution is -2.37. The molecule has 0 bridgehead atoms. The summed E-state index contributed by atoms with van der Waals surface area (Å²) in [5.74, 6) is 0.894. The molecular weight excluding hydrogens is 200 g/mol. The van der Waals surface area contributed by atoms with E-state index in [4.69, 9.17) is 9.47 Å². The Morgan fingerprint density at radius 3 is 2.69 bits per heavy atom. The molecule has 0 aromatic heterocycles. The smallest absolute Gasteiger partial charge is 0.0920 e. The molecule has 2 aliphatic heterocycles. The minimum absolute atomic E-state index is 0.271. The van der Waals surface area contributed by atoms with Crippen LogP contribution in [0.5, 0.6) is 0 Å². The Balaban J connectivity index is 1.49. The molecule has 16 heavy (non-hydrogen) atoms. The van der Waals surface area contributed by atoms with Crippen LogP contribution in [0.3, 0.4) is 0 Å². The molecule has 4 rings (SSSR count). The van der Waals surface area contributed by atoms with E-state index in [1.165, 1.54) is 38.5 Å². The number of epoxide rings is 2. The van der Waals surface area contributed by atoms with Crippen LogP contribution in [0.4, 0.5) is 0 Å². The summed E-state index contributed by atoms with van der Waals surface area (Å²) < 4.78 is 11.5. The van der Waals surface area contributed by atoms with Crippen LogP contribution < -0.4 is 0 Å². The van der Waals surface area contributed by atoms with Gasteiger partial charge in [-0.3, -0.25) is 0 Å². The number of rotatable bonds is 1. The van der Waals surface area contributed by atoms with Crippen molar-refractivity contribution in [2.45, 2.75) is 76.3 Å². The molecule has 0 aromatic rings. The van der Waals surface area contributed by atoms with Gasteiger partial charge < -0.3 is 9.47 Å². The van der Waals surface area contributed by atoms with Crippen molar-refractivity contribution in [2.24, 2.45) is 11.3 Å². The Hall–Kier alpha value is -0.0800. The maximum absolute atomic E-state index is 5.86. The molecule has 2 saturated carbocycles. The summed E-state index contributed by atoms with van der Waals surface area (Å²) >= 11 is 0. The van der Waals surface area contributed by atoms with Gasteiger partial charge in [0.25, 0.3) is 0 Å². The van der Waals surface area contributed by atoms with Crippen LogP contribution in [0.15, 0.2) is 0 Å². The molecule has 6 atom stereocenters. The third-order valence-corrected chi connectivity index (χ3v) is 5.87. The summed E-state index contributed by atoms with van der Waals surface area (Å²) in [4.78, 5) is 0. The second kappa shape index (κ2) is 2.84. The van der Waals surface area contributed by atoms with E-state index in [1.807, 2.05) is 0 Å². The number of fused-ring (bicyclic) bond motifs is 2. The van der Waals surface area contributed by atoms with Gasteiger partial charge in [-0.15, -0.1) is 0 Å². The molecule has 0 amide bonds. The predicted molar refractivity (Wildman–Crippen MR) is 61.2 cm³/mol. The first-order valence-corrected chi connectivity index (χ1v) is 6.92. The Kier molecular flexibility index (Phi) is 1.76. The zero-order chi connectivity index (χ0) is 11.0. The van der Waals surface area contributed by atoms with Gasteiger partial charge >= 0.3 is 0 Å². The molecule has 2 saturated heterocycles. The van der Waals surface area contributed by atoms with Crippen molar-refractivity contribution in [2.75, 3.05) is 0 Å². The Bertz CT molecular complexity index is 329. The molecule has 0 spiro atoms. The summed E-state index contributed by atoms with van der Waals surface area (Å²) in [5, 5.41) is 0. The average molecular weight is 222 g/mol. The first kappa shape index (κ1) is 9.90. The van der Waals surface area contributed by atoms with E-state index in [1.54, 1.807) is 0 Å². The summed E-state index contributed by atoms with van der Waals surface area (Å²) in [5.41, 5.74) is 0.810. The van der Waals surface area contributed by atoms with E-state index in [2.05, 4.69) is 13.8 Å². The number of hydrogen-bond acceptors (Lipinski definition) is 2. The molecule has 0 N–H and O–H groups in total. The van der Waals surface area contributed by atoms with Crippen LogP contribution in [-0.2, 0) is 9.47 Å².